The van der Waals surface area contributed by atoms with Gasteiger partial charge in [0.05, 0.1) is 5.69 Å². The molecule has 0 unspecified atom stereocenters. The lowest BCUT2D eigenvalue weighted by atomic mass is 10.3. The van der Waals surface area contributed by atoms with Gasteiger partial charge in [0, 0.05) is 36.5 Å². The maximum Gasteiger partial charge on any atom is 0.0543 e. The molecule has 0 radical (unpaired) electrons. The highest BCUT2D eigenvalue weighted by atomic mass is 35.5. The molecule has 0 spiro atoms. The summed E-state index contributed by atoms with van der Waals surface area (Å²) in [5.74, 6) is 0. The molecule has 0 aliphatic carbocycles. The van der Waals surface area contributed by atoms with Crippen LogP contribution in [-0.4, -0.2) is 29.5 Å². The monoisotopic (exact) mass is 289 g/mol. The molecule has 0 amide bonds. The molecule has 1 heterocycles. The fourth-order valence-corrected chi connectivity index (χ4v) is 2.12. The molecule has 2 rings (SSSR count). The standard InChI is InChI=1S/C16H20ClN3/c1-2-20(13-16-5-3-4-10-18-16)12-11-19-15-8-6-14(17)7-9-15/h3-10,19H,2,11-13H2,1H3. The second-order valence-electron chi connectivity index (χ2n) is 4.62. The normalized spacial score (nSPS) is 10.8. The van der Waals surface area contributed by atoms with Crippen molar-refractivity contribution in [1.29, 1.82) is 0 Å². The molecule has 0 atom stereocenters. The zero-order chi connectivity index (χ0) is 14.2. The van der Waals surface area contributed by atoms with Gasteiger partial charge in [-0.3, -0.25) is 9.88 Å². The van der Waals surface area contributed by atoms with Crippen LogP contribution >= 0.6 is 11.6 Å². The van der Waals surface area contributed by atoms with Crippen molar-refractivity contribution in [2.45, 2.75) is 13.5 Å². The Labute approximate surface area is 125 Å². The minimum absolute atomic E-state index is 0.765. The van der Waals surface area contributed by atoms with E-state index in [-0.39, 0.29) is 0 Å². The number of likely N-dealkylation sites (N-methyl/N-ethyl adjacent to an activating group) is 1. The van der Waals surface area contributed by atoms with Gasteiger partial charge in [0.15, 0.2) is 0 Å². The van der Waals surface area contributed by atoms with Crippen LogP contribution < -0.4 is 5.32 Å². The molecule has 0 aliphatic rings. The molecule has 0 aliphatic heterocycles. The smallest absolute Gasteiger partial charge is 0.0543 e. The van der Waals surface area contributed by atoms with E-state index in [9.17, 15) is 0 Å². The van der Waals surface area contributed by atoms with Gasteiger partial charge in [-0.15, -0.1) is 0 Å². The third-order valence-electron chi connectivity index (χ3n) is 3.16. The number of pyridine rings is 1. The zero-order valence-electron chi connectivity index (χ0n) is 11.7. The van der Waals surface area contributed by atoms with Gasteiger partial charge in [0.1, 0.15) is 0 Å². The maximum absolute atomic E-state index is 5.87. The molecule has 0 saturated heterocycles. The zero-order valence-corrected chi connectivity index (χ0v) is 12.5. The van der Waals surface area contributed by atoms with Crippen molar-refractivity contribution in [3.63, 3.8) is 0 Å². The molecule has 1 aromatic heterocycles. The number of anilines is 1. The van der Waals surface area contributed by atoms with E-state index in [0.29, 0.717) is 0 Å². The summed E-state index contributed by atoms with van der Waals surface area (Å²) in [5, 5.41) is 4.17. The van der Waals surface area contributed by atoms with E-state index >= 15 is 0 Å². The molecule has 4 heteroatoms. The predicted octanol–water partition coefficient (Wildman–Crippen LogP) is 3.67. The third kappa shape index (κ3) is 4.83. The summed E-state index contributed by atoms with van der Waals surface area (Å²) in [7, 11) is 0. The van der Waals surface area contributed by atoms with Crippen LogP contribution in [0.25, 0.3) is 0 Å². The summed E-state index contributed by atoms with van der Waals surface area (Å²) < 4.78 is 0. The van der Waals surface area contributed by atoms with Crippen LogP contribution in [0.2, 0.25) is 5.02 Å². The summed E-state index contributed by atoms with van der Waals surface area (Å²) >= 11 is 5.87. The average Bonchev–Trinajstić information content (AvgIpc) is 2.49. The Bertz CT molecular complexity index is 499. The van der Waals surface area contributed by atoms with Crippen LogP contribution in [0.4, 0.5) is 5.69 Å². The number of nitrogens with one attached hydrogen (secondary N) is 1. The number of hydrogen-bond donors (Lipinski definition) is 1. The summed E-state index contributed by atoms with van der Waals surface area (Å²) in [6, 6.07) is 13.8. The lowest BCUT2D eigenvalue weighted by Gasteiger charge is -2.20. The summed E-state index contributed by atoms with van der Waals surface area (Å²) in [4.78, 5) is 6.73. The predicted molar refractivity (Wildman–Crippen MR) is 85.1 cm³/mol. The number of halogens is 1. The Kier molecular flexibility index (Phi) is 5.84. The van der Waals surface area contributed by atoms with Crippen molar-refractivity contribution >= 4 is 17.3 Å². The molecule has 3 nitrogen and oxygen atoms in total. The fraction of sp³-hybridized carbons (Fsp3) is 0.312. The first kappa shape index (κ1) is 14.8. The number of benzene rings is 1. The molecule has 20 heavy (non-hydrogen) atoms. The number of nitrogens with zero attached hydrogens (tertiary/aromatic N) is 2. The van der Waals surface area contributed by atoms with Crippen LogP contribution in [0.5, 0.6) is 0 Å². The maximum atomic E-state index is 5.87. The van der Waals surface area contributed by atoms with E-state index in [1.807, 2.05) is 42.6 Å². The summed E-state index contributed by atoms with van der Waals surface area (Å²) in [6.45, 7) is 5.96. The van der Waals surface area contributed by atoms with Gasteiger partial charge in [-0.2, -0.15) is 0 Å². The van der Waals surface area contributed by atoms with E-state index in [1.165, 1.54) is 0 Å². The Morgan fingerprint density at radius 3 is 2.60 bits per heavy atom. The highest BCUT2D eigenvalue weighted by Crippen LogP contribution is 2.13. The number of hydrogen-bond acceptors (Lipinski definition) is 3. The second kappa shape index (κ2) is 7.88. The van der Waals surface area contributed by atoms with Crippen LogP contribution in [0.1, 0.15) is 12.6 Å². The first-order valence-electron chi connectivity index (χ1n) is 6.89. The lowest BCUT2D eigenvalue weighted by molar-refractivity contribution is 0.287. The number of aromatic nitrogens is 1. The molecule has 0 fully saturated rings. The average molecular weight is 290 g/mol. The van der Waals surface area contributed by atoms with E-state index in [1.54, 1.807) is 0 Å². The minimum atomic E-state index is 0.765. The molecule has 1 N–H and O–H groups in total. The largest absolute Gasteiger partial charge is 0.384 e. The molecule has 106 valence electrons. The Morgan fingerprint density at radius 1 is 1.15 bits per heavy atom. The van der Waals surface area contributed by atoms with Crippen LogP contribution in [0, 0.1) is 0 Å². The molecular formula is C16H20ClN3. The number of rotatable bonds is 7. The highest BCUT2D eigenvalue weighted by Gasteiger charge is 2.04. The molecule has 0 bridgehead atoms. The van der Waals surface area contributed by atoms with Gasteiger partial charge >= 0.3 is 0 Å². The van der Waals surface area contributed by atoms with Crippen molar-refractivity contribution in [3.05, 3.63) is 59.4 Å². The fourth-order valence-electron chi connectivity index (χ4n) is 2.00. The Balaban J connectivity index is 1.78. The molecule has 1 aromatic carbocycles. The van der Waals surface area contributed by atoms with Gasteiger partial charge in [0.25, 0.3) is 0 Å². The van der Waals surface area contributed by atoms with Crippen LogP contribution in [0.3, 0.4) is 0 Å². The third-order valence-corrected chi connectivity index (χ3v) is 3.41. The first-order chi connectivity index (χ1) is 9.78. The first-order valence-corrected chi connectivity index (χ1v) is 7.27. The van der Waals surface area contributed by atoms with Crippen molar-refractivity contribution in [1.82, 2.24) is 9.88 Å². The Hall–Kier alpha value is -1.58. The van der Waals surface area contributed by atoms with Gasteiger partial charge in [-0.05, 0) is 42.9 Å². The minimum Gasteiger partial charge on any atom is -0.384 e. The van der Waals surface area contributed by atoms with Gasteiger partial charge in [0.2, 0.25) is 0 Å². The van der Waals surface area contributed by atoms with Crippen molar-refractivity contribution in [3.8, 4) is 0 Å². The van der Waals surface area contributed by atoms with E-state index < -0.39 is 0 Å². The summed E-state index contributed by atoms with van der Waals surface area (Å²) in [6.07, 6.45) is 1.84. The highest BCUT2D eigenvalue weighted by molar-refractivity contribution is 6.30. The topological polar surface area (TPSA) is 28.2 Å². The van der Waals surface area contributed by atoms with Crippen molar-refractivity contribution < 1.29 is 0 Å². The quantitative estimate of drug-likeness (QED) is 0.843. The summed E-state index contributed by atoms with van der Waals surface area (Å²) in [5.41, 5.74) is 2.21. The lowest BCUT2D eigenvalue weighted by Crippen LogP contribution is -2.28. The van der Waals surface area contributed by atoms with Crippen molar-refractivity contribution in [2.75, 3.05) is 25.0 Å². The second-order valence-corrected chi connectivity index (χ2v) is 5.06. The molecule has 0 saturated carbocycles. The van der Waals surface area contributed by atoms with Crippen LogP contribution in [-0.2, 0) is 6.54 Å². The van der Waals surface area contributed by atoms with Gasteiger partial charge in [-0.1, -0.05) is 24.6 Å². The molecular weight excluding hydrogens is 270 g/mol. The van der Waals surface area contributed by atoms with Gasteiger partial charge in [-0.25, -0.2) is 0 Å². The SMILES string of the molecule is CCN(CCNc1ccc(Cl)cc1)Cc1ccccn1. The van der Waals surface area contributed by atoms with E-state index in [4.69, 9.17) is 11.6 Å². The van der Waals surface area contributed by atoms with Crippen molar-refractivity contribution in [2.24, 2.45) is 0 Å². The molecule has 2 aromatic rings. The van der Waals surface area contributed by atoms with E-state index in [2.05, 4.69) is 28.2 Å². The van der Waals surface area contributed by atoms with Gasteiger partial charge < -0.3 is 5.32 Å². The van der Waals surface area contributed by atoms with Crippen LogP contribution in [0.15, 0.2) is 48.7 Å². The van der Waals surface area contributed by atoms with E-state index in [0.717, 1.165) is 42.6 Å². The Morgan fingerprint density at radius 2 is 1.95 bits per heavy atom.